The SMILES string of the molecule is Cc1cc(C#N)cnc1N1CCc2ncc(/C(C=NC3CC3)=C/N)cc2C1. The number of nitriles is 1. The zero-order valence-electron chi connectivity index (χ0n) is 15.4. The lowest BCUT2D eigenvalue weighted by molar-refractivity contribution is 0.700. The Morgan fingerprint density at radius 1 is 1.33 bits per heavy atom. The summed E-state index contributed by atoms with van der Waals surface area (Å²) < 4.78 is 0. The van der Waals surface area contributed by atoms with Gasteiger partial charge in [0.15, 0.2) is 0 Å². The van der Waals surface area contributed by atoms with Crippen LogP contribution in [0.3, 0.4) is 0 Å². The van der Waals surface area contributed by atoms with Crippen LogP contribution in [0, 0.1) is 18.3 Å². The smallest absolute Gasteiger partial charge is 0.131 e. The lowest BCUT2D eigenvalue weighted by atomic mass is 10.0. The Morgan fingerprint density at radius 2 is 2.19 bits per heavy atom. The molecule has 1 aliphatic carbocycles. The van der Waals surface area contributed by atoms with Gasteiger partial charge in [-0.15, -0.1) is 0 Å². The van der Waals surface area contributed by atoms with E-state index in [1.807, 2.05) is 25.4 Å². The topological polar surface area (TPSA) is 91.2 Å². The third-order valence-corrected chi connectivity index (χ3v) is 5.00. The van der Waals surface area contributed by atoms with E-state index in [-0.39, 0.29) is 0 Å². The molecule has 0 radical (unpaired) electrons. The third-order valence-electron chi connectivity index (χ3n) is 5.00. The quantitative estimate of drug-likeness (QED) is 0.849. The Bertz CT molecular complexity index is 965. The summed E-state index contributed by atoms with van der Waals surface area (Å²) in [5.41, 5.74) is 11.6. The van der Waals surface area contributed by atoms with E-state index in [0.717, 1.165) is 47.7 Å². The van der Waals surface area contributed by atoms with Gasteiger partial charge in [0, 0.05) is 61.1 Å². The van der Waals surface area contributed by atoms with Gasteiger partial charge in [-0.2, -0.15) is 5.26 Å². The van der Waals surface area contributed by atoms with Crippen LogP contribution in [-0.4, -0.2) is 28.8 Å². The number of nitrogens with zero attached hydrogens (tertiary/aromatic N) is 5. The molecule has 27 heavy (non-hydrogen) atoms. The zero-order chi connectivity index (χ0) is 18.8. The number of anilines is 1. The summed E-state index contributed by atoms with van der Waals surface area (Å²) >= 11 is 0. The van der Waals surface area contributed by atoms with E-state index in [9.17, 15) is 0 Å². The standard InChI is InChI=1S/C21H22N6/c1-14-6-15(8-22)10-26-21(14)27-5-4-20-17(13-27)7-16(11-25-20)18(9-23)12-24-19-2-3-19/h6-7,9-12,19H,2-5,13,23H2,1H3/b18-9+,24-12?. The number of aryl methyl sites for hydroxylation is 1. The van der Waals surface area contributed by atoms with E-state index in [2.05, 4.69) is 32.0 Å². The summed E-state index contributed by atoms with van der Waals surface area (Å²) in [5.74, 6) is 0.926. The van der Waals surface area contributed by atoms with Crippen LogP contribution >= 0.6 is 0 Å². The minimum Gasteiger partial charge on any atom is -0.404 e. The van der Waals surface area contributed by atoms with Gasteiger partial charge in [0.2, 0.25) is 0 Å². The molecule has 4 rings (SSSR count). The largest absolute Gasteiger partial charge is 0.404 e. The highest BCUT2D eigenvalue weighted by Gasteiger charge is 2.21. The van der Waals surface area contributed by atoms with Crippen LogP contribution in [0.4, 0.5) is 5.82 Å². The number of rotatable bonds is 4. The van der Waals surface area contributed by atoms with Crippen LogP contribution in [0.5, 0.6) is 0 Å². The molecular formula is C21H22N6. The molecule has 0 atom stereocenters. The van der Waals surface area contributed by atoms with Gasteiger partial charge >= 0.3 is 0 Å². The minimum absolute atomic E-state index is 0.464. The van der Waals surface area contributed by atoms with Gasteiger partial charge in [0.1, 0.15) is 11.9 Å². The fraction of sp³-hybridized carbons (Fsp3) is 0.333. The average Bonchev–Trinajstić information content (AvgIpc) is 3.52. The van der Waals surface area contributed by atoms with Crippen LogP contribution in [0.2, 0.25) is 0 Å². The van der Waals surface area contributed by atoms with Crippen LogP contribution in [0.15, 0.2) is 35.7 Å². The number of nitrogens with two attached hydrogens (primary N) is 1. The predicted molar refractivity (Wildman–Crippen MR) is 106 cm³/mol. The number of fused-ring (bicyclic) bond motifs is 1. The van der Waals surface area contributed by atoms with Crippen molar-refractivity contribution in [3.8, 4) is 6.07 Å². The number of aromatic nitrogens is 2. The number of hydrogen-bond donors (Lipinski definition) is 1. The molecule has 0 spiro atoms. The van der Waals surface area contributed by atoms with Crippen LogP contribution in [0.25, 0.3) is 5.57 Å². The maximum atomic E-state index is 9.04. The van der Waals surface area contributed by atoms with Crippen molar-refractivity contribution in [1.82, 2.24) is 9.97 Å². The molecule has 0 amide bonds. The molecule has 2 N–H and O–H groups in total. The molecule has 1 fully saturated rings. The Morgan fingerprint density at radius 3 is 2.89 bits per heavy atom. The first-order chi connectivity index (χ1) is 13.2. The van der Waals surface area contributed by atoms with Crippen LogP contribution in [0.1, 0.15) is 40.8 Å². The van der Waals surface area contributed by atoms with Crippen molar-refractivity contribution >= 4 is 17.6 Å². The number of aliphatic imine (C=N–C) groups is 1. The van der Waals surface area contributed by atoms with Gasteiger partial charge in [-0.1, -0.05) is 0 Å². The highest BCUT2D eigenvalue weighted by molar-refractivity contribution is 6.09. The summed E-state index contributed by atoms with van der Waals surface area (Å²) in [6.07, 6.45) is 10.2. The second-order valence-corrected chi connectivity index (χ2v) is 7.11. The first-order valence-electron chi connectivity index (χ1n) is 9.23. The highest BCUT2D eigenvalue weighted by atomic mass is 15.2. The molecule has 2 aromatic rings. The monoisotopic (exact) mass is 358 g/mol. The maximum Gasteiger partial charge on any atom is 0.131 e. The second kappa shape index (κ2) is 7.20. The number of allylic oxidation sites excluding steroid dienone is 1. The van der Waals surface area contributed by atoms with Crippen molar-refractivity contribution in [1.29, 1.82) is 5.26 Å². The van der Waals surface area contributed by atoms with E-state index in [1.165, 1.54) is 18.4 Å². The van der Waals surface area contributed by atoms with E-state index in [0.29, 0.717) is 11.6 Å². The maximum absolute atomic E-state index is 9.04. The van der Waals surface area contributed by atoms with Crippen molar-refractivity contribution < 1.29 is 0 Å². The first-order valence-corrected chi connectivity index (χ1v) is 9.23. The lowest BCUT2D eigenvalue weighted by Gasteiger charge is -2.30. The van der Waals surface area contributed by atoms with Gasteiger partial charge in [0.05, 0.1) is 11.6 Å². The van der Waals surface area contributed by atoms with Crippen molar-refractivity contribution in [3.05, 3.63) is 58.7 Å². The van der Waals surface area contributed by atoms with Crippen LogP contribution < -0.4 is 10.6 Å². The summed E-state index contributed by atoms with van der Waals surface area (Å²) in [5, 5.41) is 9.04. The molecule has 6 nitrogen and oxygen atoms in total. The zero-order valence-corrected chi connectivity index (χ0v) is 15.4. The van der Waals surface area contributed by atoms with Crippen molar-refractivity contribution in [2.24, 2.45) is 10.7 Å². The van der Waals surface area contributed by atoms with Gasteiger partial charge in [-0.25, -0.2) is 4.98 Å². The van der Waals surface area contributed by atoms with Gasteiger partial charge in [0.25, 0.3) is 0 Å². The molecule has 136 valence electrons. The minimum atomic E-state index is 0.464. The Labute approximate surface area is 159 Å². The normalized spacial score (nSPS) is 17.0. The fourth-order valence-electron chi connectivity index (χ4n) is 3.35. The molecule has 0 saturated heterocycles. The first kappa shape index (κ1) is 17.2. The van der Waals surface area contributed by atoms with E-state index < -0.39 is 0 Å². The molecule has 6 heteroatoms. The summed E-state index contributed by atoms with van der Waals surface area (Å²) in [6, 6.07) is 6.65. The van der Waals surface area contributed by atoms with Crippen molar-refractivity contribution in [2.75, 3.05) is 11.4 Å². The average molecular weight is 358 g/mol. The van der Waals surface area contributed by atoms with E-state index in [4.69, 9.17) is 11.0 Å². The molecule has 2 aromatic heterocycles. The van der Waals surface area contributed by atoms with Gasteiger partial charge in [-0.05, 0) is 43.0 Å². The Balaban J connectivity index is 1.59. The molecular weight excluding hydrogens is 336 g/mol. The molecule has 3 heterocycles. The van der Waals surface area contributed by atoms with Crippen LogP contribution in [-0.2, 0) is 13.0 Å². The summed E-state index contributed by atoms with van der Waals surface area (Å²) in [7, 11) is 0. The Hall–Kier alpha value is -3.20. The van der Waals surface area contributed by atoms with Crippen molar-refractivity contribution in [2.45, 2.75) is 38.8 Å². The summed E-state index contributed by atoms with van der Waals surface area (Å²) in [6.45, 7) is 3.60. The number of pyridine rings is 2. The predicted octanol–water partition coefficient (Wildman–Crippen LogP) is 2.75. The third kappa shape index (κ3) is 3.68. The molecule has 0 unspecified atom stereocenters. The van der Waals surface area contributed by atoms with E-state index >= 15 is 0 Å². The highest BCUT2D eigenvalue weighted by Crippen LogP contribution is 2.27. The lowest BCUT2D eigenvalue weighted by Crippen LogP contribution is -2.32. The molecule has 1 saturated carbocycles. The van der Waals surface area contributed by atoms with E-state index in [1.54, 1.807) is 12.4 Å². The fourth-order valence-corrected chi connectivity index (χ4v) is 3.35. The van der Waals surface area contributed by atoms with Gasteiger partial charge in [-0.3, -0.25) is 9.98 Å². The molecule has 1 aliphatic heterocycles. The second-order valence-electron chi connectivity index (χ2n) is 7.11. The molecule has 2 aliphatic rings. The summed E-state index contributed by atoms with van der Waals surface area (Å²) in [4.78, 5) is 15.9. The van der Waals surface area contributed by atoms with Crippen molar-refractivity contribution in [3.63, 3.8) is 0 Å². The Kier molecular flexibility index (Phi) is 4.59. The number of hydrogen-bond acceptors (Lipinski definition) is 6. The molecule has 0 aromatic carbocycles. The molecule has 0 bridgehead atoms. The van der Waals surface area contributed by atoms with Gasteiger partial charge < -0.3 is 10.6 Å².